The van der Waals surface area contributed by atoms with Crippen LogP contribution in [0.1, 0.15) is 49.9 Å². The number of amides is 1. The van der Waals surface area contributed by atoms with E-state index in [0.717, 1.165) is 25.7 Å². The lowest BCUT2D eigenvalue weighted by atomic mass is 9.75. The first-order valence-corrected chi connectivity index (χ1v) is 7.43. The molecule has 0 radical (unpaired) electrons. The zero-order valence-electron chi connectivity index (χ0n) is 11.3. The molecule has 0 saturated heterocycles. The maximum atomic E-state index is 13.4. The molecule has 0 bridgehead atoms. The summed E-state index contributed by atoms with van der Waals surface area (Å²) < 4.78 is 13.8. The second kappa shape index (κ2) is 5.61. The molecule has 1 aliphatic carbocycles. The average Bonchev–Trinajstić information content (AvgIpc) is 2.35. The van der Waals surface area contributed by atoms with Gasteiger partial charge in [-0.3, -0.25) is 4.79 Å². The minimum absolute atomic E-state index is 0.184. The zero-order chi connectivity index (χ0) is 14.0. The number of benzene rings is 1. The molecule has 2 rings (SSSR count). The molecule has 0 aliphatic heterocycles. The molecule has 104 valence electrons. The van der Waals surface area contributed by atoms with Crippen molar-refractivity contribution in [1.82, 2.24) is 5.32 Å². The number of nitrogens with one attached hydrogen (secondary N) is 1. The van der Waals surface area contributed by atoms with Crippen molar-refractivity contribution in [2.45, 2.75) is 45.6 Å². The van der Waals surface area contributed by atoms with Gasteiger partial charge in [0.1, 0.15) is 5.82 Å². The van der Waals surface area contributed by atoms with Gasteiger partial charge < -0.3 is 5.32 Å². The Balaban J connectivity index is 1.96. The first-order valence-electron chi connectivity index (χ1n) is 6.63. The molecule has 0 spiro atoms. The number of hydrogen-bond donors (Lipinski definition) is 1. The summed E-state index contributed by atoms with van der Waals surface area (Å²) in [5.74, 6) is -0.589. The highest BCUT2D eigenvalue weighted by Gasteiger charge is 2.27. The number of halogens is 2. The Morgan fingerprint density at radius 1 is 1.37 bits per heavy atom. The molecule has 1 aromatic rings. The monoisotopic (exact) mass is 327 g/mol. The lowest BCUT2D eigenvalue weighted by Gasteiger charge is -2.34. The van der Waals surface area contributed by atoms with E-state index in [9.17, 15) is 9.18 Å². The van der Waals surface area contributed by atoms with Crippen LogP contribution in [-0.4, -0.2) is 11.9 Å². The van der Waals surface area contributed by atoms with Crippen molar-refractivity contribution in [2.24, 2.45) is 5.41 Å². The van der Waals surface area contributed by atoms with Gasteiger partial charge in [-0.2, -0.15) is 0 Å². The Bertz CT molecular complexity index is 477. The fourth-order valence-corrected chi connectivity index (χ4v) is 2.70. The largest absolute Gasteiger partial charge is 0.349 e. The molecule has 1 aromatic carbocycles. The molecule has 2 nitrogen and oxygen atoms in total. The lowest BCUT2D eigenvalue weighted by Crippen LogP contribution is -2.39. The van der Waals surface area contributed by atoms with Crippen LogP contribution in [0.15, 0.2) is 22.7 Å². The van der Waals surface area contributed by atoms with E-state index in [0.29, 0.717) is 15.5 Å². The minimum Gasteiger partial charge on any atom is -0.349 e. The maximum absolute atomic E-state index is 13.4. The fourth-order valence-electron chi connectivity index (χ4n) is 2.45. The number of carbonyl (C=O) groups excluding carboxylic acids is 1. The van der Waals surface area contributed by atoms with Gasteiger partial charge in [0.25, 0.3) is 5.91 Å². The van der Waals surface area contributed by atoms with Gasteiger partial charge in [-0.1, -0.05) is 13.8 Å². The van der Waals surface area contributed by atoms with Crippen LogP contribution in [0.3, 0.4) is 0 Å². The average molecular weight is 328 g/mol. The van der Waals surface area contributed by atoms with Crippen molar-refractivity contribution in [3.63, 3.8) is 0 Å². The van der Waals surface area contributed by atoms with Gasteiger partial charge in [0.15, 0.2) is 0 Å². The molecule has 1 saturated carbocycles. The SMILES string of the molecule is CC1(C)CCC(NC(=O)c2ccc(Br)c(F)c2)CC1. The van der Waals surface area contributed by atoms with Gasteiger partial charge >= 0.3 is 0 Å². The summed E-state index contributed by atoms with van der Waals surface area (Å²) in [4.78, 5) is 12.0. The first kappa shape index (κ1) is 14.5. The summed E-state index contributed by atoms with van der Waals surface area (Å²) in [6, 6.07) is 4.68. The topological polar surface area (TPSA) is 29.1 Å². The van der Waals surface area contributed by atoms with Gasteiger partial charge in [-0.15, -0.1) is 0 Å². The van der Waals surface area contributed by atoms with Crippen LogP contribution in [0.2, 0.25) is 0 Å². The summed E-state index contributed by atoms with van der Waals surface area (Å²) in [6.45, 7) is 4.52. The quantitative estimate of drug-likeness (QED) is 0.862. The van der Waals surface area contributed by atoms with Crippen molar-refractivity contribution in [2.75, 3.05) is 0 Å². The third-order valence-electron chi connectivity index (χ3n) is 3.86. The second-order valence-electron chi connectivity index (χ2n) is 6.04. The van der Waals surface area contributed by atoms with E-state index in [1.165, 1.54) is 6.07 Å². The smallest absolute Gasteiger partial charge is 0.251 e. The van der Waals surface area contributed by atoms with Gasteiger partial charge in [0.2, 0.25) is 0 Å². The molecule has 0 aromatic heterocycles. The maximum Gasteiger partial charge on any atom is 0.251 e. The van der Waals surface area contributed by atoms with E-state index in [1.54, 1.807) is 12.1 Å². The number of rotatable bonds is 2. The highest BCUT2D eigenvalue weighted by Crippen LogP contribution is 2.35. The van der Waals surface area contributed by atoms with Crippen molar-refractivity contribution < 1.29 is 9.18 Å². The van der Waals surface area contributed by atoms with Crippen molar-refractivity contribution in [1.29, 1.82) is 0 Å². The van der Waals surface area contributed by atoms with E-state index < -0.39 is 5.82 Å². The summed E-state index contributed by atoms with van der Waals surface area (Å²) in [6.07, 6.45) is 4.23. The van der Waals surface area contributed by atoms with Crippen LogP contribution in [0.25, 0.3) is 0 Å². The van der Waals surface area contributed by atoms with Crippen LogP contribution in [0, 0.1) is 11.2 Å². The normalized spacial score (nSPS) is 19.2. The summed E-state index contributed by atoms with van der Waals surface area (Å²) in [5, 5.41) is 3.00. The van der Waals surface area contributed by atoms with Crippen LogP contribution in [-0.2, 0) is 0 Å². The van der Waals surface area contributed by atoms with E-state index in [1.807, 2.05) is 0 Å². The van der Waals surface area contributed by atoms with Crippen LogP contribution < -0.4 is 5.32 Å². The fraction of sp³-hybridized carbons (Fsp3) is 0.533. The molecule has 0 unspecified atom stereocenters. The molecular weight excluding hydrogens is 309 g/mol. The molecule has 1 N–H and O–H groups in total. The van der Waals surface area contributed by atoms with E-state index in [-0.39, 0.29) is 11.9 Å². The molecule has 4 heteroatoms. The molecule has 0 atom stereocenters. The summed E-state index contributed by atoms with van der Waals surface area (Å²) in [5.41, 5.74) is 0.760. The van der Waals surface area contributed by atoms with Gasteiger partial charge in [-0.05, 0) is 65.2 Å². The Labute approximate surface area is 121 Å². The van der Waals surface area contributed by atoms with Crippen molar-refractivity contribution in [3.8, 4) is 0 Å². The highest BCUT2D eigenvalue weighted by atomic mass is 79.9. The second-order valence-corrected chi connectivity index (χ2v) is 6.90. The van der Waals surface area contributed by atoms with Crippen LogP contribution in [0.5, 0.6) is 0 Å². The van der Waals surface area contributed by atoms with E-state index in [4.69, 9.17) is 0 Å². The molecule has 19 heavy (non-hydrogen) atoms. The molecular formula is C15H19BrFNO. The Morgan fingerprint density at radius 2 is 2.00 bits per heavy atom. The van der Waals surface area contributed by atoms with Crippen LogP contribution in [0.4, 0.5) is 4.39 Å². The minimum atomic E-state index is -0.405. The molecule has 1 fully saturated rings. The van der Waals surface area contributed by atoms with Gasteiger partial charge in [-0.25, -0.2) is 4.39 Å². The Kier molecular flexibility index (Phi) is 4.29. The predicted octanol–water partition coefficient (Wildman–Crippen LogP) is 4.29. The standard InChI is InChI=1S/C15H19BrFNO/c1-15(2)7-5-11(6-8-15)18-14(19)10-3-4-12(16)13(17)9-10/h3-4,9,11H,5-8H2,1-2H3,(H,18,19). The Hall–Kier alpha value is -0.900. The first-order chi connectivity index (χ1) is 8.87. The van der Waals surface area contributed by atoms with Gasteiger partial charge in [0, 0.05) is 11.6 Å². The van der Waals surface area contributed by atoms with Gasteiger partial charge in [0.05, 0.1) is 4.47 Å². The predicted molar refractivity (Wildman–Crippen MR) is 77.6 cm³/mol. The number of carbonyl (C=O) groups is 1. The molecule has 1 aliphatic rings. The number of hydrogen-bond acceptors (Lipinski definition) is 1. The Morgan fingerprint density at radius 3 is 2.58 bits per heavy atom. The molecule has 0 heterocycles. The van der Waals surface area contributed by atoms with E-state index >= 15 is 0 Å². The van der Waals surface area contributed by atoms with E-state index in [2.05, 4.69) is 35.1 Å². The lowest BCUT2D eigenvalue weighted by molar-refractivity contribution is 0.0908. The summed E-state index contributed by atoms with van der Waals surface area (Å²) >= 11 is 3.08. The summed E-state index contributed by atoms with van der Waals surface area (Å²) in [7, 11) is 0. The third-order valence-corrected chi connectivity index (χ3v) is 4.50. The van der Waals surface area contributed by atoms with Crippen molar-refractivity contribution >= 4 is 21.8 Å². The highest BCUT2D eigenvalue weighted by molar-refractivity contribution is 9.10. The zero-order valence-corrected chi connectivity index (χ0v) is 12.9. The molecule has 1 amide bonds. The third kappa shape index (κ3) is 3.78. The van der Waals surface area contributed by atoms with Crippen LogP contribution >= 0.6 is 15.9 Å². The van der Waals surface area contributed by atoms with Crippen molar-refractivity contribution in [3.05, 3.63) is 34.1 Å².